The van der Waals surface area contributed by atoms with Crippen LogP contribution in [0.25, 0.3) is 10.9 Å². The summed E-state index contributed by atoms with van der Waals surface area (Å²) < 4.78 is 15.1. The minimum atomic E-state index is -0.756. The number of rotatable bonds is 6. The Morgan fingerprint density at radius 1 is 1.10 bits per heavy atom. The van der Waals surface area contributed by atoms with Crippen molar-refractivity contribution < 1.29 is 14.0 Å². The molecule has 3 rings (SSSR count). The molecule has 7 nitrogen and oxygen atoms in total. The molecule has 0 bridgehead atoms. The Balaban J connectivity index is 1.67. The van der Waals surface area contributed by atoms with Crippen LogP contribution in [0.3, 0.4) is 0 Å². The van der Waals surface area contributed by atoms with Crippen molar-refractivity contribution in [2.24, 2.45) is 0 Å². The van der Waals surface area contributed by atoms with E-state index in [-0.39, 0.29) is 16.9 Å². The lowest BCUT2D eigenvalue weighted by Crippen LogP contribution is -2.42. The van der Waals surface area contributed by atoms with Crippen LogP contribution >= 0.6 is 11.8 Å². The van der Waals surface area contributed by atoms with Gasteiger partial charge in [0.05, 0.1) is 22.2 Å². The third-order valence-electron chi connectivity index (χ3n) is 4.04. The number of thioether (sulfide) groups is 1. The van der Waals surface area contributed by atoms with Gasteiger partial charge < -0.3 is 0 Å². The first-order valence-corrected chi connectivity index (χ1v) is 9.96. The zero-order valence-corrected chi connectivity index (χ0v) is 16.5. The number of hydrazine groups is 1. The number of para-hydroxylation sites is 1. The first kappa shape index (κ1) is 20.5. The van der Waals surface area contributed by atoms with Gasteiger partial charge >= 0.3 is 0 Å². The standard InChI is InChI=1S/C20H19FN4O3S/c1-2-11-25-19(28)14-8-4-6-10-16(14)22-20(25)29-12-17(26)23-24-18(27)13-7-3-5-9-15(13)21/h3-10H,2,11-12H2,1H3,(H,23,26)(H,24,27). The number of hydrogen-bond donors (Lipinski definition) is 2. The van der Waals surface area contributed by atoms with E-state index in [4.69, 9.17) is 0 Å². The van der Waals surface area contributed by atoms with E-state index >= 15 is 0 Å². The third-order valence-corrected chi connectivity index (χ3v) is 5.02. The fraction of sp³-hybridized carbons (Fsp3) is 0.200. The number of benzene rings is 2. The van der Waals surface area contributed by atoms with E-state index in [1.807, 2.05) is 6.92 Å². The topological polar surface area (TPSA) is 93.1 Å². The molecule has 0 aliphatic carbocycles. The fourth-order valence-electron chi connectivity index (χ4n) is 2.68. The average Bonchev–Trinajstić information content (AvgIpc) is 2.73. The van der Waals surface area contributed by atoms with E-state index in [1.54, 1.807) is 24.3 Å². The molecule has 3 aromatic rings. The quantitative estimate of drug-likeness (QED) is 0.367. The van der Waals surface area contributed by atoms with Crippen molar-refractivity contribution in [3.63, 3.8) is 0 Å². The van der Waals surface area contributed by atoms with Crippen LogP contribution in [0, 0.1) is 5.82 Å². The van der Waals surface area contributed by atoms with Gasteiger partial charge in [-0.25, -0.2) is 9.37 Å². The molecule has 0 aliphatic rings. The summed E-state index contributed by atoms with van der Waals surface area (Å²) in [5.41, 5.74) is 4.64. The lowest BCUT2D eigenvalue weighted by Gasteiger charge is -2.12. The molecule has 2 N–H and O–H groups in total. The summed E-state index contributed by atoms with van der Waals surface area (Å²) in [5.74, 6) is -2.03. The minimum Gasteiger partial charge on any atom is -0.287 e. The Labute approximate surface area is 170 Å². The second kappa shape index (κ2) is 9.33. The molecule has 0 atom stereocenters. The normalized spacial score (nSPS) is 10.7. The van der Waals surface area contributed by atoms with Crippen LogP contribution in [0.2, 0.25) is 0 Å². The van der Waals surface area contributed by atoms with Crippen molar-refractivity contribution in [3.05, 3.63) is 70.3 Å². The predicted molar refractivity (Wildman–Crippen MR) is 109 cm³/mol. The highest BCUT2D eigenvalue weighted by Crippen LogP contribution is 2.18. The van der Waals surface area contributed by atoms with Gasteiger partial charge in [0.25, 0.3) is 11.5 Å². The summed E-state index contributed by atoms with van der Waals surface area (Å²) in [6, 6.07) is 12.5. The van der Waals surface area contributed by atoms with Gasteiger partial charge in [-0.1, -0.05) is 43.0 Å². The summed E-state index contributed by atoms with van der Waals surface area (Å²) in [7, 11) is 0. The number of carbonyl (C=O) groups excluding carboxylic acids is 2. The van der Waals surface area contributed by atoms with Crippen LogP contribution in [0.4, 0.5) is 4.39 Å². The first-order chi connectivity index (χ1) is 14.0. The Morgan fingerprint density at radius 3 is 2.59 bits per heavy atom. The van der Waals surface area contributed by atoms with Gasteiger partial charge in [0.15, 0.2) is 5.16 Å². The van der Waals surface area contributed by atoms with Crippen LogP contribution in [0.15, 0.2) is 58.5 Å². The first-order valence-electron chi connectivity index (χ1n) is 8.97. The van der Waals surface area contributed by atoms with Gasteiger partial charge in [0.2, 0.25) is 5.91 Å². The molecule has 0 unspecified atom stereocenters. The van der Waals surface area contributed by atoms with E-state index in [2.05, 4.69) is 15.8 Å². The number of aromatic nitrogens is 2. The van der Waals surface area contributed by atoms with Crippen LogP contribution in [-0.4, -0.2) is 27.1 Å². The van der Waals surface area contributed by atoms with Gasteiger partial charge in [-0.2, -0.15) is 0 Å². The van der Waals surface area contributed by atoms with E-state index < -0.39 is 17.6 Å². The maximum absolute atomic E-state index is 13.6. The summed E-state index contributed by atoms with van der Waals surface area (Å²) in [4.78, 5) is 41.2. The monoisotopic (exact) mass is 414 g/mol. The fourth-order valence-corrected chi connectivity index (χ4v) is 3.51. The van der Waals surface area contributed by atoms with Crippen LogP contribution < -0.4 is 16.4 Å². The summed E-state index contributed by atoms with van der Waals surface area (Å²) >= 11 is 1.09. The van der Waals surface area contributed by atoms with Crippen molar-refractivity contribution in [3.8, 4) is 0 Å². The summed E-state index contributed by atoms with van der Waals surface area (Å²) in [5, 5.41) is 0.943. The minimum absolute atomic E-state index is 0.0773. The molecular weight excluding hydrogens is 395 g/mol. The SMILES string of the molecule is CCCn1c(SCC(=O)NNC(=O)c2ccccc2F)nc2ccccc2c1=O. The van der Waals surface area contributed by atoms with Crippen LogP contribution in [-0.2, 0) is 11.3 Å². The highest BCUT2D eigenvalue weighted by molar-refractivity contribution is 7.99. The lowest BCUT2D eigenvalue weighted by molar-refractivity contribution is -0.119. The highest BCUT2D eigenvalue weighted by atomic mass is 32.2. The molecule has 1 aromatic heterocycles. The number of amides is 2. The number of nitrogens with zero attached hydrogens (tertiary/aromatic N) is 2. The van der Waals surface area contributed by atoms with E-state index in [9.17, 15) is 18.8 Å². The number of fused-ring (bicyclic) bond motifs is 1. The Kier molecular flexibility index (Phi) is 6.61. The molecule has 9 heteroatoms. The molecule has 29 heavy (non-hydrogen) atoms. The Hall–Kier alpha value is -3.20. The number of carbonyl (C=O) groups is 2. The van der Waals surface area contributed by atoms with Crippen molar-refractivity contribution in [2.75, 3.05) is 5.75 Å². The molecule has 150 valence electrons. The number of hydrogen-bond acceptors (Lipinski definition) is 5. The second-order valence-electron chi connectivity index (χ2n) is 6.14. The molecule has 1 heterocycles. The van der Waals surface area contributed by atoms with Crippen molar-refractivity contribution >= 4 is 34.5 Å². The molecule has 0 saturated carbocycles. The molecule has 0 aliphatic heterocycles. The van der Waals surface area contributed by atoms with Crippen molar-refractivity contribution in [1.29, 1.82) is 0 Å². The van der Waals surface area contributed by atoms with E-state index in [0.29, 0.717) is 22.6 Å². The zero-order chi connectivity index (χ0) is 20.8. The largest absolute Gasteiger partial charge is 0.287 e. The zero-order valence-electron chi connectivity index (χ0n) is 15.6. The van der Waals surface area contributed by atoms with Gasteiger partial charge in [-0.3, -0.25) is 29.8 Å². The molecule has 0 fully saturated rings. The summed E-state index contributed by atoms with van der Waals surface area (Å²) in [6.07, 6.45) is 0.735. The predicted octanol–water partition coefficient (Wildman–Crippen LogP) is 2.50. The Bertz CT molecular complexity index is 1120. The van der Waals surface area contributed by atoms with E-state index in [1.165, 1.54) is 22.8 Å². The maximum Gasteiger partial charge on any atom is 0.272 e. The average molecular weight is 414 g/mol. The third kappa shape index (κ3) is 4.80. The van der Waals surface area contributed by atoms with Crippen molar-refractivity contribution in [2.45, 2.75) is 25.0 Å². The molecular formula is C20H19FN4O3S. The van der Waals surface area contributed by atoms with Gasteiger partial charge in [-0.15, -0.1) is 0 Å². The smallest absolute Gasteiger partial charge is 0.272 e. The molecule has 2 amide bonds. The van der Waals surface area contributed by atoms with Crippen LogP contribution in [0.5, 0.6) is 0 Å². The second-order valence-corrected chi connectivity index (χ2v) is 7.08. The number of nitrogens with one attached hydrogen (secondary N) is 2. The van der Waals surface area contributed by atoms with E-state index in [0.717, 1.165) is 24.2 Å². The highest BCUT2D eigenvalue weighted by Gasteiger charge is 2.14. The molecule has 0 radical (unpaired) electrons. The van der Waals surface area contributed by atoms with Gasteiger partial charge in [0, 0.05) is 6.54 Å². The van der Waals surface area contributed by atoms with Crippen molar-refractivity contribution in [1.82, 2.24) is 20.4 Å². The van der Waals surface area contributed by atoms with Gasteiger partial charge in [0.1, 0.15) is 5.82 Å². The van der Waals surface area contributed by atoms with Gasteiger partial charge in [-0.05, 0) is 30.7 Å². The molecule has 2 aromatic carbocycles. The Morgan fingerprint density at radius 2 is 1.83 bits per heavy atom. The number of halogens is 1. The molecule has 0 spiro atoms. The maximum atomic E-state index is 13.6. The molecule has 0 saturated heterocycles. The summed E-state index contributed by atoms with van der Waals surface area (Å²) in [6.45, 7) is 2.42. The lowest BCUT2D eigenvalue weighted by atomic mass is 10.2. The van der Waals surface area contributed by atoms with Crippen LogP contribution in [0.1, 0.15) is 23.7 Å².